The molecule has 0 N–H and O–H groups in total. The van der Waals surface area contributed by atoms with Crippen molar-refractivity contribution in [2.24, 2.45) is 5.92 Å². The number of hydrogen-bond donors (Lipinski definition) is 0. The first-order valence-electron chi connectivity index (χ1n) is 14.3. The van der Waals surface area contributed by atoms with E-state index in [9.17, 15) is 14.4 Å². The Kier molecular flexibility index (Phi) is 5.92. The topological polar surface area (TPSA) is 79.4 Å². The van der Waals surface area contributed by atoms with Crippen LogP contribution in [0.4, 0.5) is 5.69 Å². The number of ether oxygens (including phenoxy) is 2. The normalized spacial score (nSPS) is 26.1. The number of rotatable bonds is 4. The second-order valence-electron chi connectivity index (χ2n) is 11.7. The number of anilines is 1. The molecular weight excluding hydrogens is 494 g/mol. The highest BCUT2D eigenvalue weighted by Gasteiger charge is 2.57. The van der Waals surface area contributed by atoms with Gasteiger partial charge in [0.1, 0.15) is 0 Å². The Morgan fingerprint density at radius 2 is 1.54 bits per heavy atom. The van der Waals surface area contributed by atoms with E-state index in [1.54, 1.807) is 0 Å². The first-order chi connectivity index (χ1) is 19.0. The van der Waals surface area contributed by atoms with Crippen molar-refractivity contribution in [3.63, 3.8) is 0 Å². The molecule has 1 spiro atoms. The van der Waals surface area contributed by atoms with Crippen LogP contribution in [0.3, 0.4) is 0 Å². The van der Waals surface area contributed by atoms with E-state index < -0.39 is 11.0 Å². The zero-order valence-corrected chi connectivity index (χ0v) is 22.3. The summed E-state index contributed by atoms with van der Waals surface area (Å²) in [5, 5.41) is 0. The van der Waals surface area contributed by atoms with Gasteiger partial charge in [-0.3, -0.25) is 9.59 Å². The average molecular weight is 530 g/mol. The van der Waals surface area contributed by atoms with Crippen molar-refractivity contribution in [3.8, 4) is 0 Å². The Labute approximate surface area is 228 Å². The van der Waals surface area contributed by atoms with Gasteiger partial charge >= 0.3 is 5.97 Å². The number of carbonyl (C=O) groups is 3. The summed E-state index contributed by atoms with van der Waals surface area (Å²) in [4.78, 5) is 45.4. The SMILES string of the molecule is O=C1O[C@]2(CCN(C(=O)C3(c4ccc(N5CCN(C(=O)C6CCOCC6)CC5)cc4)CC3)C2)c2ccccc21. The number of carbonyl (C=O) groups excluding carboxylic acids is 3. The van der Waals surface area contributed by atoms with Crippen molar-refractivity contribution >= 4 is 23.5 Å². The lowest BCUT2D eigenvalue weighted by atomic mass is 9.91. The van der Waals surface area contributed by atoms with Crippen LogP contribution in [-0.4, -0.2) is 80.1 Å². The van der Waals surface area contributed by atoms with Gasteiger partial charge in [0.05, 0.1) is 17.5 Å². The lowest BCUT2D eigenvalue weighted by Gasteiger charge is -2.38. The van der Waals surface area contributed by atoms with Crippen LogP contribution in [-0.2, 0) is 30.1 Å². The summed E-state index contributed by atoms with van der Waals surface area (Å²) >= 11 is 0. The Bertz CT molecular complexity index is 1290. The molecule has 3 saturated heterocycles. The molecule has 2 aromatic carbocycles. The molecule has 4 heterocycles. The third-order valence-electron chi connectivity index (χ3n) is 9.55. The highest BCUT2D eigenvalue weighted by Crippen LogP contribution is 2.52. The quantitative estimate of drug-likeness (QED) is 0.567. The second-order valence-corrected chi connectivity index (χ2v) is 11.7. The van der Waals surface area contributed by atoms with Crippen molar-refractivity contribution in [1.82, 2.24) is 9.80 Å². The molecule has 0 bridgehead atoms. The number of piperazine rings is 1. The molecule has 2 aromatic rings. The zero-order valence-electron chi connectivity index (χ0n) is 22.3. The number of benzene rings is 2. The minimum Gasteiger partial charge on any atom is -0.449 e. The number of fused-ring (bicyclic) bond motifs is 2. The van der Waals surface area contributed by atoms with Crippen LogP contribution in [0.1, 0.15) is 53.6 Å². The fourth-order valence-electron chi connectivity index (χ4n) is 7.04. The fourth-order valence-corrected chi connectivity index (χ4v) is 7.04. The predicted octanol–water partition coefficient (Wildman–Crippen LogP) is 3.09. The summed E-state index contributed by atoms with van der Waals surface area (Å²) in [6.45, 7) is 5.50. The molecule has 8 heteroatoms. The Balaban J connectivity index is 0.995. The van der Waals surface area contributed by atoms with Crippen molar-refractivity contribution in [2.75, 3.05) is 57.4 Å². The Morgan fingerprint density at radius 3 is 2.26 bits per heavy atom. The highest BCUT2D eigenvalue weighted by atomic mass is 16.6. The minimum absolute atomic E-state index is 0.109. The number of amides is 2. The van der Waals surface area contributed by atoms with Gasteiger partial charge in [-0.25, -0.2) is 4.79 Å². The van der Waals surface area contributed by atoms with E-state index in [0.717, 1.165) is 68.7 Å². The fraction of sp³-hybridized carbons (Fsp3) is 0.516. The number of hydrogen-bond acceptors (Lipinski definition) is 6. The third-order valence-corrected chi connectivity index (χ3v) is 9.55. The Morgan fingerprint density at radius 1 is 0.821 bits per heavy atom. The molecule has 2 amide bonds. The molecule has 0 radical (unpaired) electrons. The van der Waals surface area contributed by atoms with Crippen LogP contribution in [0.5, 0.6) is 0 Å². The molecule has 1 atom stereocenters. The van der Waals surface area contributed by atoms with Gasteiger partial charge in [0.25, 0.3) is 0 Å². The van der Waals surface area contributed by atoms with Crippen molar-refractivity contribution in [1.29, 1.82) is 0 Å². The number of likely N-dealkylation sites (tertiary alicyclic amines) is 1. The van der Waals surface area contributed by atoms with Gasteiger partial charge < -0.3 is 24.2 Å². The first-order valence-corrected chi connectivity index (χ1v) is 14.3. The monoisotopic (exact) mass is 529 g/mol. The largest absolute Gasteiger partial charge is 0.449 e. The van der Waals surface area contributed by atoms with Gasteiger partial charge in [0, 0.05) is 69.5 Å². The molecular formula is C31H35N3O5. The summed E-state index contributed by atoms with van der Waals surface area (Å²) < 4.78 is 11.3. The molecule has 4 fully saturated rings. The summed E-state index contributed by atoms with van der Waals surface area (Å²) in [7, 11) is 0. The smallest absolute Gasteiger partial charge is 0.339 e. The number of nitrogens with zero attached hydrogens (tertiary/aromatic N) is 3. The molecule has 7 rings (SSSR count). The molecule has 5 aliphatic rings. The molecule has 4 aliphatic heterocycles. The summed E-state index contributed by atoms with van der Waals surface area (Å²) in [6, 6.07) is 16.0. The number of esters is 1. The molecule has 0 aromatic heterocycles. The maximum atomic E-state index is 13.8. The van der Waals surface area contributed by atoms with E-state index in [0.29, 0.717) is 38.3 Å². The average Bonchev–Trinajstić information content (AvgIpc) is 3.63. The third kappa shape index (κ3) is 4.11. The predicted molar refractivity (Wildman–Crippen MR) is 144 cm³/mol. The van der Waals surface area contributed by atoms with Gasteiger partial charge in [0.15, 0.2) is 5.60 Å². The molecule has 204 valence electrons. The van der Waals surface area contributed by atoms with E-state index in [2.05, 4.69) is 29.2 Å². The second kappa shape index (κ2) is 9.37. The van der Waals surface area contributed by atoms with Crippen LogP contribution in [0.2, 0.25) is 0 Å². The molecule has 1 aliphatic carbocycles. The van der Waals surface area contributed by atoms with Crippen LogP contribution < -0.4 is 4.90 Å². The summed E-state index contributed by atoms with van der Waals surface area (Å²) in [5.74, 6) is 0.248. The summed E-state index contributed by atoms with van der Waals surface area (Å²) in [5.41, 5.74) is 2.55. The minimum atomic E-state index is -0.711. The summed E-state index contributed by atoms with van der Waals surface area (Å²) in [6.07, 6.45) is 3.99. The van der Waals surface area contributed by atoms with Gasteiger partial charge in [0.2, 0.25) is 11.8 Å². The van der Waals surface area contributed by atoms with E-state index in [-0.39, 0.29) is 23.7 Å². The standard InChI is InChI=1S/C31H35N3O5/c35-27(22-9-19-38-20-10-22)33-17-15-32(16-18-33)24-7-5-23(6-8-24)30(11-12-30)29(37)34-14-13-31(21-34)26-4-2-1-3-25(26)28(36)39-31/h1-8,22H,9-21H2/t31-/m0/s1. The first kappa shape index (κ1) is 24.6. The van der Waals surface area contributed by atoms with Crippen LogP contribution in [0.25, 0.3) is 0 Å². The van der Waals surface area contributed by atoms with E-state index >= 15 is 0 Å². The van der Waals surface area contributed by atoms with Gasteiger partial charge in [-0.2, -0.15) is 0 Å². The zero-order chi connectivity index (χ0) is 26.6. The van der Waals surface area contributed by atoms with E-state index in [1.165, 1.54) is 0 Å². The van der Waals surface area contributed by atoms with Crippen LogP contribution >= 0.6 is 0 Å². The lowest BCUT2D eigenvalue weighted by molar-refractivity contribution is -0.138. The maximum absolute atomic E-state index is 13.8. The highest BCUT2D eigenvalue weighted by molar-refractivity contribution is 5.96. The van der Waals surface area contributed by atoms with Gasteiger partial charge in [-0.05, 0) is 49.4 Å². The van der Waals surface area contributed by atoms with Gasteiger partial charge in [-0.15, -0.1) is 0 Å². The van der Waals surface area contributed by atoms with Crippen molar-refractivity contribution < 1.29 is 23.9 Å². The van der Waals surface area contributed by atoms with Gasteiger partial charge in [-0.1, -0.05) is 30.3 Å². The van der Waals surface area contributed by atoms with Crippen LogP contribution in [0, 0.1) is 5.92 Å². The maximum Gasteiger partial charge on any atom is 0.339 e. The lowest BCUT2D eigenvalue weighted by Crippen LogP contribution is -2.51. The van der Waals surface area contributed by atoms with Crippen molar-refractivity contribution in [2.45, 2.75) is 43.1 Å². The van der Waals surface area contributed by atoms with Crippen LogP contribution in [0.15, 0.2) is 48.5 Å². The van der Waals surface area contributed by atoms with E-state index in [4.69, 9.17) is 9.47 Å². The molecule has 1 saturated carbocycles. The Hall–Kier alpha value is -3.39. The van der Waals surface area contributed by atoms with Crippen molar-refractivity contribution in [3.05, 3.63) is 65.2 Å². The molecule has 0 unspecified atom stereocenters. The molecule has 39 heavy (non-hydrogen) atoms. The molecule has 8 nitrogen and oxygen atoms in total. The van der Waals surface area contributed by atoms with E-state index in [1.807, 2.05) is 34.1 Å².